The Labute approximate surface area is 99.6 Å². The lowest BCUT2D eigenvalue weighted by Crippen LogP contribution is -2.03. The lowest BCUT2D eigenvalue weighted by molar-refractivity contribution is 0.0973. The molecule has 0 unspecified atom stereocenters. The standard InChI is InChI=1S/C13H13ClO2/c14-10-6-9-3-4-16-13(9)11(7-10)12(15)5-8-1-2-8/h6-8H,1-5H2. The zero-order chi connectivity index (χ0) is 11.1. The van der Waals surface area contributed by atoms with Crippen molar-refractivity contribution >= 4 is 17.4 Å². The van der Waals surface area contributed by atoms with Crippen molar-refractivity contribution < 1.29 is 9.53 Å². The van der Waals surface area contributed by atoms with Gasteiger partial charge in [0, 0.05) is 17.9 Å². The van der Waals surface area contributed by atoms with Gasteiger partial charge in [0.2, 0.25) is 0 Å². The van der Waals surface area contributed by atoms with Crippen molar-refractivity contribution in [2.24, 2.45) is 5.92 Å². The highest BCUT2D eigenvalue weighted by Gasteiger charge is 2.28. The van der Waals surface area contributed by atoms with E-state index in [9.17, 15) is 4.79 Å². The zero-order valence-corrected chi connectivity index (χ0v) is 9.72. The molecule has 0 saturated heterocycles. The molecule has 2 aliphatic rings. The van der Waals surface area contributed by atoms with E-state index in [0.717, 1.165) is 17.7 Å². The number of Topliss-reactive ketones (excluding diaryl/α,β-unsaturated/α-hetero) is 1. The molecule has 0 bridgehead atoms. The van der Waals surface area contributed by atoms with Crippen LogP contribution in [0.3, 0.4) is 0 Å². The molecule has 1 aromatic carbocycles. The highest BCUT2D eigenvalue weighted by Crippen LogP contribution is 2.37. The summed E-state index contributed by atoms with van der Waals surface area (Å²) in [5.74, 6) is 1.56. The van der Waals surface area contributed by atoms with Gasteiger partial charge < -0.3 is 4.74 Å². The Hall–Kier alpha value is -1.02. The quantitative estimate of drug-likeness (QED) is 0.753. The molecule has 0 atom stereocenters. The number of ether oxygens (including phenoxy) is 1. The van der Waals surface area contributed by atoms with Crippen molar-refractivity contribution in [1.82, 2.24) is 0 Å². The fraction of sp³-hybridized carbons (Fsp3) is 0.462. The van der Waals surface area contributed by atoms with Gasteiger partial charge >= 0.3 is 0 Å². The van der Waals surface area contributed by atoms with Crippen LogP contribution in [-0.2, 0) is 6.42 Å². The zero-order valence-electron chi connectivity index (χ0n) is 8.96. The van der Waals surface area contributed by atoms with Gasteiger partial charge in [0.15, 0.2) is 5.78 Å². The van der Waals surface area contributed by atoms with Crippen LogP contribution in [0.1, 0.15) is 35.2 Å². The van der Waals surface area contributed by atoms with Crippen LogP contribution in [0, 0.1) is 5.92 Å². The molecule has 3 heteroatoms. The maximum absolute atomic E-state index is 12.1. The van der Waals surface area contributed by atoms with E-state index >= 15 is 0 Å². The molecule has 16 heavy (non-hydrogen) atoms. The summed E-state index contributed by atoms with van der Waals surface area (Å²) in [5, 5.41) is 0.642. The van der Waals surface area contributed by atoms with Crippen LogP contribution in [0.25, 0.3) is 0 Å². The third-order valence-electron chi connectivity index (χ3n) is 3.22. The number of carbonyl (C=O) groups is 1. The van der Waals surface area contributed by atoms with E-state index in [2.05, 4.69) is 0 Å². The second-order valence-corrected chi connectivity index (χ2v) is 5.05. The van der Waals surface area contributed by atoms with Gasteiger partial charge in [-0.2, -0.15) is 0 Å². The minimum atomic E-state index is 0.183. The van der Waals surface area contributed by atoms with Crippen molar-refractivity contribution in [3.8, 4) is 5.75 Å². The number of carbonyl (C=O) groups excluding carboxylic acids is 1. The molecule has 0 aromatic heterocycles. The molecule has 0 N–H and O–H groups in total. The first-order valence-corrected chi connectivity index (χ1v) is 6.10. The topological polar surface area (TPSA) is 26.3 Å². The average Bonchev–Trinajstić information content (AvgIpc) is 2.93. The van der Waals surface area contributed by atoms with E-state index in [1.807, 2.05) is 6.07 Å². The normalized spacial score (nSPS) is 18.1. The van der Waals surface area contributed by atoms with Crippen LogP contribution in [0.15, 0.2) is 12.1 Å². The summed E-state index contributed by atoms with van der Waals surface area (Å²) in [5.41, 5.74) is 1.76. The molecule has 1 heterocycles. The van der Waals surface area contributed by atoms with Crippen molar-refractivity contribution in [2.75, 3.05) is 6.61 Å². The summed E-state index contributed by atoms with van der Waals surface area (Å²) in [6.07, 6.45) is 3.89. The Kier molecular flexibility index (Phi) is 2.40. The van der Waals surface area contributed by atoms with Gasteiger partial charge in [0.1, 0.15) is 5.75 Å². The first-order valence-electron chi connectivity index (χ1n) is 5.72. The van der Waals surface area contributed by atoms with Crippen LogP contribution in [0.5, 0.6) is 5.75 Å². The highest BCUT2D eigenvalue weighted by molar-refractivity contribution is 6.31. The molecular formula is C13H13ClO2. The molecule has 0 radical (unpaired) electrons. The SMILES string of the molecule is O=C(CC1CC1)c1cc(Cl)cc2c1OCC2. The Morgan fingerprint density at radius 3 is 3.00 bits per heavy atom. The maximum Gasteiger partial charge on any atom is 0.166 e. The van der Waals surface area contributed by atoms with E-state index in [1.54, 1.807) is 6.07 Å². The van der Waals surface area contributed by atoms with Crippen molar-refractivity contribution in [1.29, 1.82) is 0 Å². The Morgan fingerprint density at radius 1 is 1.44 bits per heavy atom. The summed E-state index contributed by atoms with van der Waals surface area (Å²) in [6, 6.07) is 3.65. The van der Waals surface area contributed by atoms with Crippen molar-refractivity contribution in [3.05, 3.63) is 28.3 Å². The molecule has 0 amide bonds. The van der Waals surface area contributed by atoms with Gasteiger partial charge in [-0.25, -0.2) is 0 Å². The van der Waals surface area contributed by atoms with E-state index in [-0.39, 0.29) is 5.78 Å². The predicted octanol–water partition coefficient (Wildman–Crippen LogP) is 3.26. The second-order valence-electron chi connectivity index (χ2n) is 4.61. The molecule has 3 rings (SSSR count). The van der Waals surface area contributed by atoms with Gasteiger partial charge in [-0.1, -0.05) is 11.6 Å². The fourth-order valence-electron chi connectivity index (χ4n) is 2.17. The average molecular weight is 237 g/mol. The summed E-state index contributed by atoms with van der Waals surface area (Å²) in [4.78, 5) is 12.1. The molecule has 84 valence electrons. The molecule has 2 nitrogen and oxygen atoms in total. The monoisotopic (exact) mass is 236 g/mol. The number of hydrogen-bond acceptors (Lipinski definition) is 2. The largest absolute Gasteiger partial charge is 0.492 e. The summed E-state index contributed by atoms with van der Waals surface area (Å²) in [6.45, 7) is 0.666. The molecular weight excluding hydrogens is 224 g/mol. The Bertz CT molecular complexity index is 449. The van der Waals surface area contributed by atoms with E-state index in [0.29, 0.717) is 29.5 Å². The smallest absolute Gasteiger partial charge is 0.166 e. The van der Waals surface area contributed by atoms with E-state index in [4.69, 9.17) is 16.3 Å². The van der Waals surface area contributed by atoms with Crippen LogP contribution in [0.4, 0.5) is 0 Å². The van der Waals surface area contributed by atoms with Crippen LogP contribution >= 0.6 is 11.6 Å². The van der Waals surface area contributed by atoms with Gasteiger partial charge in [-0.15, -0.1) is 0 Å². The third-order valence-corrected chi connectivity index (χ3v) is 3.44. The van der Waals surface area contributed by atoms with Gasteiger partial charge in [-0.05, 0) is 36.5 Å². The highest BCUT2D eigenvalue weighted by atomic mass is 35.5. The van der Waals surface area contributed by atoms with Gasteiger partial charge in [0.25, 0.3) is 0 Å². The van der Waals surface area contributed by atoms with Crippen LogP contribution in [-0.4, -0.2) is 12.4 Å². The second kappa shape index (κ2) is 3.77. The minimum absolute atomic E-state index is 0.183. The Balaban J connectivity index is 1.95. The lowest BCUT2D eigenvalue weighted by atomic mass is 10.0. The van der Waals surface area contributed by atoms with Crippen LogP contribution in [0.2, 0.25) is 5.02 Å². The number of ketones is 1. The minimum Gasteiger partial charge on any atom is -0.492 e. The number of benzene rings is 1. The predicted molar refractivity (Wildman–Crippen MR) is 62.3 cm³/mol. The molecule has 1 aromatic rings. The number of rotatable bonds is 3. The Morgan fingerprint density at radius 2 is 2.25 bits per heavy atom. The number of hydrogen-bond donors (Lipinski definition) is 0. The van der Waals surface area contributed by atoms with Crippen molar-refractivity contribution in [3.63, 3.8) is 0 Å². The van der Waals surface area contributed by atoms with Crippen LogP contribution < -0.4 is 4.74 Å². The van der Waals surface area contributed by atoms with Crippen molar-refractivity contribution in [2.45, 2.75) is 25.7 Å². The molecule has 1 aliphatic carbocycles. The molecule has 0 spiro atoms. The molecule has 1 saturated carbocycles. The third kappa shape index (κ3) is 1.82. The first-order chi connectivity index (χ1) is 7.74. The number of halogens is 1. The lowest BCUT2D eigenvalue weighted by Gasteiger charge is -2.07. The fourth-order valence-corrected chi connectivity index (χ4v) is 2.41. The number of fused-ring (bicyclic) bond motifs is 1. The first kappa shape index (κ1) is 10.2. The van der Waals surface area contributed by atoms with E-state index in [1.165, 1.54) is 12.8 Å². The maximum atomic E-state index is 12.1. The molecule has 1 fully saturated rings. The molecule has 1 aliphatic heterocycles. The van der Waals surface area contributed by atoms with E-state index < -0.39 is 0 Å². The van der Waals surface area contributed by atoms with Gasteiger partial charge in [-0.3, -0.25) is 4.79 Å². The summed E-state index contributed by atoms with van der Waals surface area (Å²) >= 11 is 6.02. The summed E-state index contributed by atoms with van der Waals surface area (Å²) in [7, 11) is 0. The van der Waals surface area contributed by atoms with Gasteiger partial charge in [0.05, 0.1) is 12.2 Å². The summed E-state index contributed by atoms with van der Waals surface area (Å²) < 4.78 is 5.53.